The Kier molecular flexibility index (Phi) is 3.92. The van der Waals surface area contributed by atoms with Crippen LogP contribution in [0.2, 0.25) is 0 Å². The molecule has 1 aromatic carbocycles. The summed E-state index contributed by atoms with van der Waals surface area (Å²) in [6, 6.07) is 8.54. The number of nitrogens with zero attached hydrogens (tertiary/aromatic N) is 3. The number of rotatable bonds is 4. The summed E-state index contributed by atoms with van der Waals surface area (Å²) in [6.45, 7) is 1.99. The maximum absolute atomic E-state index is 12.4. The molecular formula is C19H18N4O2S. The standard InChI is InChI=1S/C19H18N4O2S/c24-19(9-23-8-16-5-15(23)10-25-16)22-18-4-14-3-12(17-7-20-11-26-17)1-2-13(14)6-21-18/h1-4,6-7,11,15-16H,5,8-10H2,(H,21,22,24)/t15-,16-/m0/s1. The molecule has 7 heteroatoms. The lowest BCUT2D eigenvalue weighted by Gasteiger charge is -2.25. The lowest BCUT2D eigenvalue weighted by molar-refractivity contribution is -0.118. The first kappa shape index (κ1) is 15.9. The minimum absolute atomic E-state index is 0.0250. The molecule has 132 valence electrons. The van der Waals surface area contributed by atoms with Crippen LogP contribution in [0, 0.1) is 0 Å². The van der Waals surface area contributed by atoms with Gasteiger partial charge in [-0.15, -0.1) is 11.3 Å². The summed E-state index contributed by atoms with van der Waals surface area (Å²) in [5, 5.41) is 5.03. The van der Waals surface area contributed by atoms with Crippen molar-refractivity contribution < 1.29 is 9.53 Å². The van der Waals surface area contributed by atoms with Gasteiger partial charge in [-0.25, -0.2) is 4.98 Å². The smallest absolute Gasteiger partial charge is 0.239 e. The molecule has 2 fully saturated rings. The Balaban J connectivity index is 1.33. The van der Waals surface area contributed by atoms with E-state index in [1.165, 1.54) is 0 Å². The minimum Gasteiger partial charge on any atom is -0.375 e. The van der Waals surface area contributed by atoms with E-state index in [1.54, 1.807) is 17.5 Å². The van der Waals surface area contributed by atoms with Crippen molar-refractivity contribution in [3.63, 3.8) is 0 Å². The third-order valence-corrected chi connectivity index (χ3v) is 5.89. The zero-order valence-corrected chi connectivity index (χ0v) is 14.9. The van der Waals surface area contributed by atoms with Crippen LogP contribution < -0.4 is 5.32 Å². The van der Waals surface area contributed by atoms with Crippen molar-refractivity contribution >= 4 is 33.8 Å². The number of pyridine rings is 1. The summed E-state index contributed by atoms with van der Waals surface area (Å²) >= 11 is 1.61. The van der Waals surface area contributed by atoms with E-state index in [0.717, 1.165) is 40.8 Å². The van der Waals surface area contributed by atoms with Gasteiger partial charge >= 0.3 is 0 Å². The van der Waals surface area contributed by atoms with Gasteiger partial charge in [0.15, 0.2) is 0 Å². The van der Waals surface area contributed by atoms with Gasteiger partial charge < -0.3 is 10.1 Å². The van der Waals surface area contributed by atoms with Crippen molar-refractivity contribution in [2.75, 3.05) is 25.0 Å². The van der Waals surface area contributed by atoms with E-state index in [-0.39, 0.29) is 5.91 Å². The number of fused-ring (bicyclic) bond motifs is 3. The number of hydrogen-bond donors (Lipinski definition) is 1. The van der Waals surface area contributed by atoms with Gasteiger partial charge in [0.05, 0.1) is 29.6 Å². The third-order valence-electron chi connectivity index (χ3n) is 5.07. The molecule has 0 unspecified atom stereocenters. The highest BCUT2D eigenvalue weighted by molar-refractivity contribution is 7.13. The SMILES string of the molecule is O=C(CN1C[C@@H]2C[C@H]1CO2)Nc1cc2cc(-c3cncs3)ccc2cn1. The normalized spacial score (nSPS) is 22.2. The van der Waals surface area contributed by atoms with Gasteiger partial charge in [0.1, 0.15) is 5.82 Å². The number of morpholine rings is 1. The van der Waals surface area contributed by atoms with Gasteiger partial charge in [0, 0.05) is 30.4 Å². The van der Waals surface area contributed by atoms with E-state index >= 15 is 0 Å². The predicted molar refractivity (Wildman–Crippen MR) is 101 cm³/mol. The topological polar surface area (TPSA) is 67.3 Å². The molecule has 0 aliphatic carbocycles. The van der Waals surface area contributed by atoms with Gasteiger partial charge in [-0.05, 0) is 29.5 Å². The second-order valence-corrected chi connectivity index (χ2v) is 7.71. The highest BCUT2D eigenvalue weighted by Crippen LogP contribution is 2.29. The fourth-order valence-corrected chi connectivity index (χ4v) is 4.38. The largest absolute Gasteiger partial charge is 0.375 e. The van der Waals surface area contributed by atoms with E-state index in [2.05, 4.69) is 32.3 Å². The Hall–Kier alpha value is -2.35. The number of carbonyl (C=O) groups excluding carboxylic acids is 1. The van der Waals surface area contributed by atoms with Gasteiger partial charge in [0.2, 0.25) is 5.91 Å². The van der Waals surface area contributed by atoms with E-state index in [4.69, 9.17) is 4.74 Å². The first-order chi connectivity index (χ1) is 12.7. The molecule has 0 radical (unpaired) electrons. The number of anilines is 1. The van der Waals surface area contributed by atoms with Gasteiger partial charge in [-0.3, -0.25) is 14.7 Å². The van der Waals surface area contributed by atoms with Crippen molar-refractivity contribution in [1.82, 2.24) is 14.9 Å². The van der Waals surface area contributed by atoms with Crippen LogP contribution in [0.1, 0.15) is 6.42 Å². The first-order valence-corrected chi connectivity index (χ1v) is 9.57. The molecule has 2 saturated heterocycles. The summed E-state index contributed by atoms with van der Waals surface area (Å²) in [6.07, 6.45) is 5.01. The molecule has 3 aromatic rings. The zero-order valence-electron chi connectivity index (χ0n) is 14.1. The number of amides is 1. The highest BCUT2D eigenvalue weighted by Gasteiger charge is 2.39. The molecule has 2 atom stereocenters. The lowest BCUT2D eigenvalue weighted by atomic mass is 10.1. The second-order valence-electron chi connectivity index (χ2n) is 6.82. The molecule has 0 spiro atoms. The molecule has 5 rings (SSSR count). The van der Waals surface area contributed by atoms with Gasteiger partial charge in [0.25, 0.3) is 0 Å². The van der Waals surface area contributed by atoms with Crippen molar-refractivity contribution in [3.05, 3.63) is 42.2 Å². The van der Waals surface area contributed by atoms with Crippen molar-refractivity contribution in [3.8, 4) is 10.4 Å². The number of benzene rings is 1. The molecule has 1 amide bonds. The van der Waals surface area contributed by atoms with E-state index in [9.17, 15) is 4.79 Å². The Bertz CT molecular complexity index is 959. The minimum atomic E-state index is -0.0250. The quantitative estimate of drug-likeness (QED) is 0.769. The Labute approximate surface area is 154 Å². The van der Waals surface area contributed by atoms with Crippen LogP contribution in [0.15, 0.2) is 42.2 Å². The fraction of sp³-hybridized carbons (Fsp3) is 0.316. The summed E-state index contributed by atoms with van der Waals surface area (Å²) in [4.78, 5) is 24.2. The van der Waals surface area contributed by atoms with Gasteiger partial charge in [-0.1, -0.05) is 12.1 Å². The molecule has 2 aliphatic rings. The Morgan fingerprint density at radius 2 is 2.27 bits per heavy atom. The lowest BCUT2D eigenvalue weighted by Crippen LogP contribution is -2.41. The number of carbonyl (C=O) groups is 1. The van der Waals surface area contributed by atoms with Gasteiger partial charge in [-0.2, -0.15) is 0 Å². The molecule has 0 saturated carbocycles. The second kappa shape index (κ2) is 6.42. The van der Waals surface area contributed by atoms with Crippen LogP contribution in [-0.2, 0) is 9.53 Å². The van der Waals surface area contributed by atoms with Crippen molar-refractivity contribution in [2.24, 2.45) is 0 Å². The Morgan fingerprint density at radius 1 is 1.31 bits per heavy atom. The fourth-order valence-electron chi connectivity index (χ4n) is 3.76. The third kappa shape index (κ3) is 2.98. The molecule has 1 N–H and O–H groups in total. The number of thiazole rings is 1. The Morgan fingerprint density at radius 3 is 3.04 bits per heavy atom. The molecule has 6 nitrogen and oxygen atoms in total. The highest BCUT2D eigenvalue weighted by atomic mass is 32.1. The number of aromatic nitrogens is 2. The maximum atomic E-state index is 12.4. The summed E-state index contributed by atoms with van der Waals surface area (Å²) in [5.41, 5.74) is 2.95. The summed E-state index contributed by atoms with van der Waals surface area (Å²) in [7, 11) is 0. The van der Waals surface area contributed by atoms with E-state index in [0.29, 0.717) is 24.5 Å². The average molecular weight is 366 g/mol. The van der Waals surface area contributed by atoms with Crippen LogP contribution in [0.4, 0.5) is 5.82 Å². The number of hydrogen-bond acceptors (Lipinski definition) is 6. The summed E-state index contributed by atoms with van der Waals surface area (Å²) < 4.78 is 5.58. The van der Waals surface area contributed by atoms with Crippen LogP contribution in [-0.4, -0.2) is 52.6 Å². The average Bonchev–Trinajstić information content (AvgIpc) is 3.39. The van der Waals surface area contributed by atoms with Crippen LogP contribution >= 0.6 is 11.3 Å². The molecular weight excluding hydrogens is 348 g/mol. The van der Waals surface area contributed by atoms with Crippen molar-refractivity contribution in [1.29, 1.82) is 0 Å². The van der Waals surface area contributed by atoms with Crippen LogP contribution in [0.25, 0.3) is 21.2 Å². The molecule has 2 bridgehead atoms. The zero-order chi connectivity index (χ0) is 17.5. The molecule has 2 aliphatic heterocycles. The monoisotopic (exact) mass is 366 g/mol. The van der Waals surface area contributed by atoms with Crippen molar-refractivity contribution in [2.45, 2.75) is 18.6 Å². The molecule has 26 heavy (non-hydrogen) atoms. The van der Waals surface area contributed by atoms with Crippen LogP contribution in [0.5, 0.6) is 0 Å². The van der Waals surface area contributed by atoms with E-state index < -0.39 is 0 Å². The first-order valence-electron chi connectivity index (χ1n) is 8.69. The van der Waals surface area contributed by atoms with Crippen LogP contribution in [0.3, 0.4) is 0 Å². The van der Waals surface area contributed by atoms with E-state index in [1.807, 2.05) is 23.8 Å². The molecule has 2 aromatic heterocycles. The maximum Gasteiger partial charge on any atom is 0.239 e. The predicted octanol–water partition coefficient (Wildman–Crippen LogP) is 2.77. The number of likely N-dealkylation sites (tertiary alicyclic amines) is 1. The number of ether oxygens (including phenoxy) is 1. The summed E-state index contributed by atoms with van der Waals surface area (Å²) in [5.74, 6) is 0.563. The number of nitrogens with one attached hydrogen (secondary N) is 1. The molecule has 4 heterocycles.